The van der Waals surface area contributed by atoms with Crippen molar-refractivity contribution in [1.29, 1.82) is 0 Å². The van der Waals surface area contributed by atoms with Crippen LogP contribution in [0.5, 0.6) is 0 Å². The number of piperidine rings is 1. The van der Waals surface area contributed by atoms with Crippen LogP contribution < -0.4 is 10.6 Å². The number of nitrogens with zero attached hydrogens (tertiary/aromatic N) is 1. The van der Waals surface area contributed by atoms with Gasteiger partial charge in [0.1, 0.15) is 0 Å². The molecule has 0 bridgehead atoms. The first kappa shape index (κ1) is 15.6. The minimum Gasteiger partial charge on any atom is -0.352 e. The molecule has 0 aromatic heterocycles. The summed E-state index contributed by atoms with van der Waals surface area (Å²) in [5.74, 6) is 2.49. The van der Waals surface area contributed by atoms with Gasteiger partial charge < -0.3 is 10.2 Å². The maximum atomic E-state index is 12.0. The van der Waals surface area contributed by atoms with E-state index in [4.69, 9.17) is 0 Å². The molecule has 114 valence electrons. The molecule has 2 aliphatic heterocycles. The van der Waals surface area contributed by atoms with Crippen LogP contribution in [-0.4, -0.2) is 53.5 Å². The molecule has 2 heterocycles. The largest absolute Gasteiger partial charge is 0.352 e. The quantitative estimate of drug-likeness (QED) is 0.806. The van der Waals surface area contributed by atoms with Crippen molar-refractivity contribution in [2.45, 2.75) is 45.2 Å². The molecule has 2 rings (SSSR count). The summed E-state index contributed by atoms with van der Waals surface area (Å²) >= 11 is 1.76. The van der Waals surface area contributed by atoms with E-state index in [1.165, 1.54) is 0 Å². The fourth-order valence-corrected chi connectivity index (χ4v) is 3.56. The molecular weight excluding hydrogens is 274 g/mol. The van der Waals surface area contributed by atoms with Crippen LogP contribution in [0.4, 0.5) is 0 Å². The topological polar surface area (TPSA) is 61.4 Å². The van der Waals surface area contributed by atoms with Crippen molar-refractivity contribution in [2.24, 2.45) is 5.92 Å². The van der Waals surface area contributed by atoms with Crippen LogP contribution in [0.15, 0.2) is 0 Å². The minimum atomic E-state index is -0.0411. The standard InChI is InChI=1S/C14H25N3O2S/c1-10(2)7-13(18)17-5-3-11(4-6-17)16-14(19)12-8-20-9-15-12/h10-12,15H,3-9H2,1-2H3,(H,16,19). The zero-order valence-electron chi connectivity index (χ0n) is 12.4. The third-order valence-electron chi connectivity index (χ3n) is 3.81. The average Bonchev–Trinajstić information content (AvgIpc) is 2.92. The van der Waals surface area contributed by atoms with Crippen molar-refractivity contribution >= 4 is 23.6 Å². The van der Waals surface area contributed by atoms with Crippen LogP contribution in [0.25, 0.3) is 0 Å². The third-order valence-corrected chi connectivity index (χ3v) is 4.75. The van der Waals surface area contributed by atoms with Crippen molar-refractivity contribution in [3.63, 3.8) is 0 Å². The molecule has 5 nitrogen and oxygen atoms in total. The van der Waals surface area contributed by atoms with Gasteiger partial charge in [-0.05, 0) is 18.8 Å². The average molecular weight is 299 g/mol. The Labute approximate surface area is 125 Å². The van der Waals surface area contributed by atoms with Crippen LogP contribution in [0, 0.1) is 5.92 Å². The lowest BCUT2D eigenvalue weighted by Crippen LogP contribution is -2.51. The maximum Gasteiger partial charge on any atom is 0.238 e. The number of carbonyl (C=O) groups excluding carboxylic acids is 2. The van der Waals surface area contributed by atoms with Crippen LogP contribution >= 0.6 is 11.8 Å². The zero-order valence-corrected chi connectivity index (χ0v) is 13.2. The summed E-state index contributed by atoms with van der Waals surface area (Å²) in [6, 6.07) is 0.179. The van der Waals surface area contributed by atoms with Crippen molar-refractivity contribution in [2.75, 3.05) is 24.7 Å². The predicted octanol–water partition coefficient (Wildman–Crippen LogP) is 0.802. The SMILES string of the molecule is CC(C)CC(=O)N1CCC(NC(=O)C2CSCN2)CC1. The van der Waals surface area contributed by atoms with Gasteiger partial charge in [0.2, 0.25) is 11.8 Å². The minimum absolute atomic E-state index is 0.0411. The number of likely N-dealkylation sites (tertiary alicyclic amines) is 1. The second-order valence-electron chi connectivity index (χ2n) is 6.03. The number of thioether (sulfide) groups is 1. The van der Waals surface area contributed by atoms with Gasteiger partial charge in [-0.1, -0.05) is 13.8 Å². The van der Waals surface area contributed by atoms with Crippen molar-refractivity contribution < 1.29 is 9.59 Å². The van der Waals surface area contributed by atoms with E-state index in [9.17, 15) is 9.59 Å². The van der Waals surface area contributed by atoms with Gasteiger partial charge in [-0.3, -0.25) is 14.9 Å². The molecule has 2 amide bonds. The summed E-state index contributed by atoms with van der Waals surface area (Å²) in [4.78, 5) is 25.9. The van der Waals surface area contributed by atoms with Gasteiger partial charge in [0.25, 0.3) is 0 Å². The Hall–Kier alpha value is -0.750. The Morgan fingerprint density at radius 2 is 2.05 bits per heavy atom. The van der Waals surface area contributed by atoms with E-state index in [0.717, 1.165) is 37.6 Å². The number of rotatable bonds is 4. The van der Waals surface area contributed by atoms with Gasteiger partial charge in [0.05, 0.1) is 6.04 Å². The molecular formula is C14H25N3O2S. The zero-order chi connectivity index (χ0) is 14.5. The summed E-state index contributed by atoms with van der Waals surface area (Å²) in [7, 11) is 0. The van der Waals surface area contributed by atoms with E-state index in [2.05, 4.69) is 24.5 Å². The molecule has 2 saturated heterocycles. The summed E-state index contributed by atoms with van der Waals surface area (Å²) in [6.45, 7) is 5.67. The van der Waals surface area contributed by atoms with E-state index < -0.39 is 0 Å². The van der Waals surface area contributed by atoms with E-state index in [1.54, 1.807) is 11.8 Å². The molecule has 2 N–H and O–H groups in total. The van der Waals surface area contributed by atoms with Crippen LogP contribution in [0.1, 0.15) is 33.1 Å². The highest BCUT2D eigenvalue weighted by Crippen LogP contribution is 2.15. The molecule has 0 spiro atoms. The maximum absolute atomic E-state index is 12.0. The predicted molar refractivity (Wildman–Crippen MR) is 81.4 cm³/mol. The second-order valence-corrected chi connectivity index (χ2v) is 7.06. The number of hydrogen-bond donors (Lipinski definition) is 2. The summed E-state index contributed by atoms with van der Waals surface area (Å²) < 4.78 is 0. The molecule has 2 aliphatic rings. The molecule has 1 unspecified atom stereocenters. The van der Waals surface area contributed by atoms with Gasteiger partial charge >= 0.3 is 0 Å². The first-order valence-corrected chi connectivity index (χ1v) is 8.61. The summed E-state index contributed by atoms with van der Waals surface area (Å²) in [5, 5.41) is 6.29. The van der Waals surface area contributed by atoms with E-state index in [-0.39, 0.29) is 23.9 Å². The molecule has 20 heavy (non-hydrogen) atoms. The monoisotopic (exact) mass is 299 g/mol. The molecule has 2 fully saturated rings. The summed E-state index contributed by atoms with van der Waals surface area (Å²) in [6.07, 6.45) is 2.37. The van der Waals surface area contributed by atoms with Gasteiger partial charge in [-0.15, -0.1) is 11.8 Å². The third kappa shape index (κ3) is 4.38. The van der Waals surface area contributed by atoms with Gasteiger partial charge in [-0.25, -0.2) is 0 Å². The Bertz CT molecular complexity index is 348. The fourth-order valence-electron chi connectivity index (χ4n) is 2.62. The van der Waals surface area contributed by atoms with Gasteiger partial charge in [-0.2, -0.15) is 0 Å². The van der Waals surface area contributed by atoms with Crippen LogP contribution in [0.3, 0.4) is 0 Å². The molecule has 0 aromatic rings. The first-order chi connectivity index (χ1) is 9.56. The number of hydrogen-bond acceptors (Lipinski definition) is 4. The van der Waals surface area contributed by atoms with E-state index >= 15 is 0 Å². The fraction of sp³-hybridized carbons (Fsp3) is 0.857. The lowest BCUT2D eigenvalue weighted by molar-refractivity contribution is -0.133. The number of amides is 2. The Balaban J connectivity index is 1.71. The van der Waals surface area contributed by atoms with E-state index in [1.807, 2.05) is 4.90 Å². The molecule has 0 aliphatic carbocycles. The highest BCUT2D eigenvalue weighted by molar-refractivity contribution is 7.99. The van der Waals surface area contributed by atoms with Crippen molar-refractivity contribution in [3.05, 3.63) is 0 Å². The van der Waals surface area contributed by atoms with Gasteiger partial charge in [0, 0.05) is 37.2 Å². The molecule has 0 aromatic carbocycles. The number of nitrogens with one attached hydrogen (secondary N) is 2. The Kier molecular flexibility index (Phi) is 5.72. The lowest BCUT2D eigenvalue weighted by atomic mass is 10.0. The summed E-state index contributed by atoms with van der Waals surface area (Å²) in [5.41, 5.74) is 0. The Morgan fingerprint density at radius 1 is 1.35 bits per heavy atom. The highest BCUT2D eigenvalue weighted by atomic mass is 32.2. The van der Waals surface area contributed by atoms with Crippen molar-refractivity contribution in [1.82, 2.24) is 15.5 Å². The molecule has 0 saturated carbocycles. The highest BCUT2D eigenvalue weighted by Gasteiger charge is 2.27. The molecule has 1 atom stereocenters. The molecule has 6 heteroatoms. The first-order valence-electron chi connectivity index (χ1n) is 7.45. The normalized spacial score (nSPS) is 24.1. The lowest BCUT2D eigenvalue weighted by Gasteiger charge is -2.33. The molecule has 0 radical (unpaired) electrons. The van der Waals surface area contributed by atoms with Crippen LogP contribution in [0.2, 0.25) is 0 Å². The van der Waals surface area contributed by atoms with Crippen molar-refractivity contribution in [3.8, 4) is 0 Å². The number of carbonyl (C=O) groups is 2. The smallest absolute Gasteiger partial charge is 0.238 e. The van der Waals surface area contributed by atoms with E-state index in [0.29, 0.717) is 12.3 Å². The Morgan fingerprint density at radius 3 is 2.60 bits per heavy atom. The second kappa shape index (κ2) is 7.31. The van der Waals surface area contributed by atoms with Crippen LogP contribution in [-0.2, 0) is 9.59 Å². The van der Waals surface area contributed by atoms with Gasteiger partial charge in [0.15, 0.2) is 0 Å².